The maximum atomic E-state index is 12.9. The highest BCUT2D eigenvalue weighted by Crippen LogP contribution is 2.53. The topological polar surface area (TPSA) is 56.5 Å². The summed E-state index contributed by atoms with van der Waals surface area (Å²) in [5.41, 5.74) is 0. The van der Waals surface area contributed by atoms with Gasteiger partial charge in [0.05, 0.1) is 18.4 Å². The van der Waals surface area contributed by atoms with Gasteiger partial charge in [-0.2, -0.15) is 0 Å². The van der Waals surface area contributed by atoms with Crippen LogP contribution in [0, 0.1) is 5.92 Å². The van der Waals surface area contributed by atoms with Gasteiger partial charge in [-0.15, -0.1) is 0 Å². The van der Waals surface area contributed by atoms with Crippen LogP contribution in [-0.2, 0) is 4.74 Å². The number of aliphatic imine (C=N–C) groups is 1. The van der Waals surface area contributed by atoms with Gasteiger partial charge in [0.1, 0.15) is 6.33 Å². The number of fused-ring (bicyclic) bond motifs is 1. The molecule has 2 heterocycles. The maximum absolute atomic E-state index is 12.9. The summed E-state index contributed by atoms with van der Waals surface area (Å²) in [5.74, 6) is -2.42. The third-order valence-electron chi connectivity index (χ3n) is 3.07. The summed E-state index contributed by atoms with van der Waals surface area (Å²) in [4.78, 5) is 19.9. The smallest absolute Gasteiger partial charge is 0.369 e. The van der Waals surface area contributed by atoms with Crippen molar-refractivity contribution >= 4 is 27.2 Å². The van der Waals surface area contributed by atoms with Crippen molar-refractivity contribution in [3.8, 4) is 0 Å². The normalized spacial score (nSPS) is 27.3. The van der Waals surface area contributed by atoms with Crippen molar-refractivity contribution in [3.63, 3.8) is 0 Å². The zero-order valence-electron chi connectivity index (χ0n) is 9.51. The third-order valence-corrected chi connectivity index (χ3v) is 5.23. The molecule has 0 aromatic carbocycles. The van der Waals surface area contributed by atoms with Gasteiger partial charge in [0.15, 0.2) is 5.82 Å². The molecule has 1 fully saturated rings. The minimum absolute atomic E-state index is 0.236. The lowest BCUT2D eigenvalue weighted by molar-refractivity contribution is -0.0901. The minimum Gasteiger partial charge on any atom is -0.461 e. The first kappa shape index (κ1) is 11.6. The summed E-state index contributed by atoms with van der Waals surface area (Å²) in [6.07, 6.45) is 2.53. The van der Waals surface area contributed by atoms with Gasteiger partial charge in [-0.05, 0) is 11.1 Å². The summed E-state index contributed by atoms with van der Waals surface area (Å²) in [7, 11) is 1.28. The number of ether oxygens (including phenoxy) is 1. The molecule has 8 heteroatoms. The van der Waals surface area contributed by atoms with Gasteiger partial charge >= 0.3 is 5.30 Å². The fourth-order valence-corrected chi connectivity index (χ4v) is 4.11. The Kier molecular flexibility index (Phi) is 2.44. The number of halogens is 2. The number of imidazole rings is 1. The van der Waals surface area contributed by atoms with Gasteiger partial charge in [-0.1, -0.05) is 0 Å². The number of carbonyl (C=O) groups excluding carboxylic acids is 1. The monoisotopic (exact) mass is 275 g/mol. The minimum atomic E-state index is -2.63. The van der Waals surface area contributed by atoms with E-state index in [0.717, 1.165) is 0 Å². The molecular formula is C10H11F2N3O2S. The van der Waals surface area contributed by atoms with Gasteiger partial charge < -0.3 is 4.74 Å². The second-order valence-corrected chi connectivity index (χ2v) is 6.19. The first-order chi connectivity index (χ1) is 8.52. The Labute approximate surface area is 104 Å². The second kappa shape index (κ2) is 3.78. The van der Waals surface area contributed by atoms with Gasteiger partial charge in [0.2, 0.25) is 5.92 Å². The first-order valence-corrected chi connectivity index (χ1v) is 6.68. The number of hydrogen-bond donors (Lipinski definition) is 1. The van der Waals surface area contributed by atoms with E-state index in [1.807, 2.05) is 0 Å². The molecule has 1 aliphatic heterocycles. The Morgan fingerprint density at radius 2 is 2.33 bits per heavy atom. The van der Waals surface area contributed by atoms with Crippen LogP contribution in [0.1, 0.15) is 12.8 Å². The Morgan fingerprint density at radius 3 is 2.94 bits per heavy atom. The molecule has 0 saturated heterocycles. The number of hydrogen-bond acceptors (Lipinski definition) is 4. The summed E-state index contributed by atoms with van der Waals surface area (Å²) in [5, 5.41) is 0.0934. The molecular weight excluding hydrogens is 264 g/mol. The van der Waals surface area contributed by atoms with Crippen molar-refractivity contribution in [2.45, 2.75) is 18.8 Å². The van der Waals surface area contributed by atoms with Gasteiger partial charge in [0.25, 0.3) is 0 Å². The van der Waals surface area contributed by atoms with Crippen LogP contribution < -0.4 is 0 Å². The van der Waals surface area contributed by atoms with Crippen molar-refractivity contribution in [1.29, 1.82) is 0 Å². The van der Waals surface area contributed by atoms with Gasteiger partial charge in [-0.25, -0.2) is 23.6 Å². The average molecular weight is 275 g/mol. The van der Waals surface area contributed by atoms with Crippen LogP contribution in [0.3, 0.4) is 0 Å². The summed E-state index contributed by atoms with van der Waals surface area (Å²) in [6, 6.07) is 0. The SMILES string of the molecule is COC(=O)[SH]1C(C2CC(F)(F)C2)=Nc2cncn21. The summed E-state index contributed by atoms with van der Waals surface area (Å²) < 4.78 is 32.2. The van der Waals surface area contributed by atoms with Crippen LogP contribution in [0.25, 0.3) is 0 Å². The highest BCUT2D eigenvalue weighted by Gasteiger charge is 2.50. The van der Waals surface area contributed by atoms with Crippen LogP contribution in [0.2, 0.25) is 0 Å². The molecule has 0 radical (unpaired) electrons. The molecule has 3 rings (SSSR count). The Balaban J connectivity index is 1.90. The molecule has 0 amide bonds. The lowest BCUT2D eigenvalue weighted by Gasteiger charge is -2.36. The van der Waals surface area contributed by atoms with Crippen molar-refractivity contribution in [2.75, 3.05) is 7.11 Å². The van der Waals surface area contributed by atoms with Crippen LogP contribution in [-0.4, -0.2) is 32.3 Å². The number of thiol groups is 1. The number of methoxy groups -OCH3 is 1. The molecule has 2 aliphatic rings. The van der Waals surface area contributed by atoms with Crippen molar-refractivity contribution in [1.82, 2.24) is 8.96 Å². The zero-order chi connectivity index (χ0) is 12.9. The molecule has 98 valence electrons. The molecule has 1 saturated carbocycles. The van der Waals surface area contributed by atoms with E-state index >= 15 is 0 Å². The Hall–Kier alpha value is -1.44. The highest BCUT2D eigenvalue weighted by molar-refractivity contribution is 8.40. The molecule has 1 atom stereocenters. The average Bonchev–Trinajstić information content (AvgIpc) is 2.83. The standard InChI is InChI=1S/C10H11F2N3O2S/c1-17-9(16)18-8(6-2-10(11,12)3-6)14-7-4-13-5-15(7)18/h4-6,18H,2-3H2,1H3. The predicted octanol–water partition coefficient (Wildman–Crippen LogP) is 2.50. The van der Waals surface area contributed by atoms with E-state index in [2.05, 4.69) is 9.98 Å². The van der Waals surface area contributed by atoms with Crippen LogP contribution >= 0.6 is 11.1 Å². The van der Waals surface area contributed by atoms with Gasteiger partial charge in [-0.3, -0.25) is 3.97 Å². The van der Waals surface area contributed by atoms with Crippen LogP contribution in [0.4, 0.5) is 19.4 Å². The van der Waals surface area contributed by atoms with Gasteiger partial charge in [0, 0.05) is 18.8 Å². The number of aromatic nitrogens is 2. The number of alkyl halides is 2. The maximum Gasteiger partial charge on any atom is 0.369 e. The number of rotatable bonds is 1. The Morgan fingerprint density at radius 1 is 1.61 bits per heavy atom. The second-order valence-electron chi connectivity index (χ2n) is 4.31. The van der Waals surface area contributed by atoms with Crippen molar-refractivity contribution in [2.24, 2.45) is 10.9 Å². The van der Waals surface area contributed by atoms with E-state index in [1.165, 1.54) is 19.6 Å². The van der Waals surface area contributed by atoms with E-state index in [1.54, 1.807) is 3.97 Å². The fourth-order valence-electron chi connectivity index (χ4n) is 2.17. The van der Waals surface area contributed by atoms with E-state index < -0.39 is 22.3 Å². The predicted molar refractivity (Wildman–Crippen MR) is 63.8 cm³/mol. The molecule has 0 spiro atoms. The van der Waals surface area contributed by atoms with Crippen molar-refractivity contribution < 1.29 is 18.3 Å². The summed E-state index contributed by atoms with van der Waals surface area (Å²) >= 11 is -1.47. The molecule has 0 N–H and O–H groups in total. The number of carbonyl (C=O) groups is 1. The van der Waals surface area contributed by atoms with E-state index in [0.29, 0.717) is 10.9 Å². The lowest BCUT2D eigenvalue weighted by atomic mass is 9.82. The molecule has 18 heavy (non-hydrogen) atoms. The van der Waals surface area contributed by atoms with E-state index in [-0.39, 0.29) is 18.8 Å². The zero-order valence-corrected chi connectivity index (χ0v) is 10.4. The first-order valence-electron chi connectivity index (χ1n) is 5.39. The number of nitrogens with zero attached hydrogens (tertiary/aromatic N) is 3. The highest BCUT2D eigenvalue weighted by atomic mass is 32.2. The third kappa shape index (κ3) is 1.63. The molecule has 1 unspecified atom stereocenters. The molecule has 5 nitrogen and oxygen atoms in total. The molecule has 1 aliphatic carbocycles. The molecule has 1 aromatic rings. The Bertz CT molecular complexity index is 535. The summed E-state index contributed by atoms with van der Waals surface area (Å²) in [6.45, 7) is 0. The van der Waals surface area contributed by atoms with E-state index in [9.17, 15) is 13.6 Å². The molecule has 1 aromatic heterocycles. The van der Waals surface area contributed by atoms with Crippen LogP contribution in [0.5, 0.6) is 0 Å². The quantitative estimate of drug-likeness (QED) is 0.633. The molecule has 0 bridgehead atoms. The largest absolute Gasteiger partial charge is 0.461 e. The fraction of sp³-hybridized carbons (Fsp3) is 0.500. The van der Waals surface area contributed by atoms with E-state index in [4.69, 9.17) is 4.74 Å². The van der Waals surface area contributed by atoms with Crippen LogP contribution in [0.15, 0.2) is 17.5 Å². The van der Waals surface area contributed by atoms with Crippen molar-refractivity contribution in [3.05, 3.63) is 12.5 Å². The lowest BCUT2D eigenvalue weighted by Crippen LogP contribution is -2.40.